The number of nitrogens with one attached hydrogen (secondary N) is 1. The number of hydrogen-bond acceptors (Lipinski definition) is 2. The van der Waals surface area contributed by atoms with Crippen LogP contribution in [0.15, 0.2) is 36.9 Å². The highest BCUT2D eigenvalue weighted by Gasteiger charge is 2.04. The summed E-state index contributed by atoms with van der Waals surface area (Å²) in [5.41, 5.74) is 0.671. The maximum absolute atomic E-state index is 11.9. The predicted octanol–water partition coefficient (Wildman–Crippen LogP) is 3.95. The molecule has 1 N–H and O–H groups in total. The largest absolute Gasteiger partial charge is 0.490 e. The molecule has 1 aromatic rings. The van der Waals surface area contributed by atoms with Gasteiger partial charge in [-0.3, -0.25) is 4.79 Å². The molecule has 1 aromatic carbocycles. The molecular weight excluding hydrogens is 250 g/mol. The van der Waals surface area contributed by atoms with Crippen molar-refractivity contribution in [1.82, 2.24) is 5.32 Å². The van der Waals surface area contributed by atoms with Crippen molar-refractivity contribution < 1.29 is 9.53 Å². The van der Waals surface area contributed by atoms with Gasteiger partial charge in [0.05, 0.1) is 0 Å². The van der Waals surface area contributed by atoms with E-state index in [0.717, 1.165) is 18.7 Å². The van der Waals surface area contributed by atoms with E-state index < -0.39 is 0 Å². The molecule has 110 valence electrons. The molecule has 0 radical (unpaired) electrons. The second kappa shape index (κ2) is 10.1. The van der Waals surface area contributed by atoms with Crippen LogP contribution >= 0.6 is 0 Å². The first-order chi connectivity index (χ1) is 9.77. The minimum absolute atomic E-state index is 0.0178. The van der Waals surface area contributed by atoms with E-state index in [1.54, 1.807) is 30.3 Å². The summed E-state index contributed by atoms with van der Waals surface area (Å²) in [6.07, 6.45) is 7.70. The number of rotatable bonds is 10. The average Bonchev–Trinajstić information content (AvgIpc) is 2.49. The van der Waals surface area contributed by atoms with E-state index in [4.69, 9.17) is 4.74 Å². The fourth-order valence-electron chi connectivity index (χ4n) is 1.89. The van der Waals surface area contributed by atoms with Gasteiger partial charge in [-0.15, -0.1) is 0 Å². The molecule has 3 nitrogen and oxygen atoms in total. The summed E-state index contributed by atoms with van der Waals surface area (Å²) in [7, 11) is 0. The Balaban J connectivity index is 2.27. The Labute approximate surface area is 122 Å². The highest BCUT2D eigenvalue weighted by molar-refractivity contribution is 5.94. The molecule has 0 fully saturated rings. The highest BCUT2D eigenvalue weighted by Crippen LogP contribution is 2.12. The SMILES string of the molecule is C=CCOc1ccc(C(=O)NCCCCCCC)cc1. The lowest BCUT2D eigenvalue weighted by Gasteiger charge is -2.07. The first-order valence-electron chi connectivity index (χ1n) is 7.40. The number of benzene rings is 1. The molecule has 1 rings (SSSR count). The van der Waals surface area contributed by atoms with Crippen LogP contribution in [0.4, 0.5) is 0 Å². The van der Waals surface area contributed by atoms with Crippen LogP contribution in [-0.4, -0.2) is 19.1 Å². The Morgan fingerprint density at radius 2 is 1.90 bits per heavy atom. The summed E-state index contributed by atoms with van der Waals surface area (Å²) in [4.78, 5) is 11.9. The van der Waals surface area contributed by atoms with Crippen molar-refractivity contribution in [3.05, 3.63) is 42.5 Å². The summed E-state index contributed by atoms with van der Waals surface area (Å²) < 4.78 is 5.38. The summed E-state index contributed by atoms with van der Waals surface area (Å²) in [6, 6.07) is 7.18. The summed E-state index contributed by atoms with van der Waals surface area (Å²) in [5.74, 6) is 0.733. The van der Waals surface area contributed by atoms with Gasteiger partial charge in [-0.2, -0.15) is 0 Å². The third-order valence-electron chi connectivity index (χ3n) is 3.05. The van der Waals surface area contributed by atoms with E-state index in [1.807, 2.05) is 0 Å². The molecular formula is C17H25NO2. The van der Waals surface area contributed by atoms with Gasteiger partial charge in [0, 0.05) is 12.1 Å². The van der Waals surface area contributed by atoms with Crippen LogP contribution in [-0.2, 0) is 0 Å². The van der Waals surface area contributed by atoms with E-state index in [9.17, 15) is 4.79 Å². The summed E-state index contributed by atoms with van der Waals surface area (Å²) in [6.45, 7) is 7.01. The van der Waals surface area contributed by atoms with Gasteiger partial charge in [0.25, 0.3) is 5.91 Å². The molecule has 0 bridgehead atoms. The molecule has 0 spiro atoms. The summed E-state index contributed by atoms with van der Waals surface area (Å²) in [5, 5.41) is 2.94. The van der Waals surface area contributed by atoms with Crippen molar-refractivity contribution in [3.63, 3.8) is 0 Å². The maximum Gasteiger partial charge on any atom is 0.251 e. The lowest BCUT2D eigenvalue weighted by atomic mass is 10.1. The molecule has 0 heterocycles. The second-order valence-corrected chi connectivity index (χ2v) is 4.79. The van der Waals surface area contributed by atoms with Crippen molar-refractivity contribution in [2.45, 2.75) is 39.0 Å². The number of unbranched alkanes of at least 4 members (excludes halogenated alkanes) is 4. The monoisotopic (exact) mass is 275 g/mol. The van der Waals surface area contributed by atoms with Crippen LogP contribution in [0.5, 0.6) is 5.75 Å². The van der Waals surface area contributed by atoms with Gasteiger partial charge >= 0.3 is 0 Å². The predicted molar refractivity (Wildman–Crippen MR) is 83.2 cm³/mol. The zero-order chi connectivity index (χ0) is 14.6. The molecule has 1 amide bonds. The third kappa shape index (κ3) is 6.41. The smallest absolute Gasteiger partial charge is 0.251 e. The first-order valence-corrected chi connectivity index (χ1v) is 7.40. The van der Waals surface area contributed by atoms with Gasteiger partial charge in [-0.25, -0.2) is 0 Å². The molecule has 0 aliphatic heterocycles. The van der Waals surface area contributed by atoms with E-state index in [1.165, 1.54) is 25.7 Å². The highest BCUT2D eigenvalue weighted by atomic mass is 16.5. The zero-order valence-electron chi connectivity index (χ0n) is 12.4. The van der Waals surface area contributed by atoms with Crippen molar-refractivity contribution in [2.75, 3.05) is 13.2 Å². The number of hydrogen-bond donors (Lipinski definition) is 1. The maximum atomic E-state index is 11.9. The lowest BCUT2D eigenvalue weighted by Crippen LogP contribution is -2.24. The third-order valence-corrected chi connectivity index (χ3v) is 3.05. The molecule has 0 saturated heterocycles. The van der Waals surface area contributed by atoms with Gasteiger partial charge in [0.1, 0.15) is 12.4 Å². The molecule has 0 atom stereocenters. The van der Waals surface area contributed by atoms with Gasteiger partial charge in [0.15, 0.2) is 0 Å². The van der Waals surface area contributed by atoms with Gasteiger partial charge in [0.2, 0.25) is 0 Å². The quantitative estimate of drug-likeness (QED) is 0.518. The topological polar surface area (TPSA) is 38.3 Å². The first kappa shape index (κ1) is 16.3. The van der Waals surface area contributed by atoms with Gasteiger partial charge < -0.3 is 10.1 Å². The molecule has 0 aliphatic rings. The Morgan fingerprint density at radius 1 is 1.20 bits per heavy atom. The Morgan fingerprint density at radius 3 is 2.55 bits per heavy atom. The zero-order valence-corrected chi connectivity index (χ0v) is 12.4. The Bertz CT molecular complexity index is 398. The van der Waals surface area contributed by atoms with Crippen LogP contribution in [0.3, 0.4) is 0 Å². The molecule has 3 heteroatoms. The number of carbonyl (C=O) groups is 1. The van der Waals surface area contributed by atoms with Gasteiger partial charge in [-0.1, -0.05) is 45.3 Å². The standard InChI is InChI=1S/C17H25NO2/c1-3-5-6-7-8-13-18-17(19)15-9-11-16(12-10-15)20-14-4-2/h4,9-12H,2-3,5-8,13-14H2,1H3,(H,18,19). The number of amides is 1. The average molecular weight is 275 g/mol. The number of carbonyl (C=O) groups excluding carboxylic acids is 1. The van der Waals surface area contributed by atoms with Crippen molar-refractivity contribution >= 4 is 5.91 Å². The van der Waals surface area contributed by atoms with E-state index >= 15 is 0 Å². The van der Waals surface area contributed by atoms with Crippen LogP contribution in [0.1, 0.15) is 49.4 Å². The van der Waals surface area contributed by atoms with Crippen LogP contribution < -0.4 is 10.1 Å². The van der Waals surface area contributed by atoms with E-state index in [0.29, 0.717) is 12.2 Å². The fourth-order valence-corrected chi connectivity index (χ4v) is 1.89. The second-order valence-electron chi connectivity index (χ2n) is 4.79. The van der Waals surface area contributed by atoms with E-state index in [-0.39, 0.29) is 5.91 Å². The molecule has 0 saturated carbocycles. The van der Waals surface area contributed by atoms with Crippen LogP contribution in [0.2, 0.25) is 0 Å². The van der Waals surface area contributed by atoms with E-state index in [2.05, 4.69) is 18.8 Å². The van der Waals surface area contributed by atoms with Gasteiger partial charge in [-0.05, 0) is 30.7 Å². The molecule has 20 heavy (non-hydrogen) atoms. The van der Waals surface area contributed by atoms with Crippen molar-refractivity contribution in [2.24, 2.45) is 0 Å². The molecule has 0 aromatic heterocycles. The normalized spacial score (nSPS) is 10.1. The van der Waals surface area contributed by atoms with Crippen LogP contribution in [0, 0.1) is 0 Å². The molecule has 0 unspecified atom stereocenters. The summed E-state index contributed by atoms with van der Waals surface area (Å²) >= 11 is 0. The fraction of sp³-hybridized carbons (Fsp3) is 0.471. The minimum Gasteiger partial charge on any atom is -0.490 e. The van der Waals surface area contributed by atoms with Crippen LogP contribution in [0.25, 0.3) is 0 Å². The Kier molecular flexibility index (Phi) is 8.20. The molecule has 0 aliphatic carbocycles. The lowest BCUT2D eigenvalue weighted by molar-refractivity contribution is 0.0953. The Hall–Kier alpha value is -1.77. The minimum atomic E-state index is -0.0178. The van der Waals surface area contributed by atoms with Crippen molar-refractivity contribution in [1.29, 1.82) is 0 Å². The number of ether oxygens (including phenoxy) is 1. The van der Waals surface area contributed by atoms with Crippen molar-refractivity contribution in [3.8, 4) is 5.75 Å².